The van der Waals surface area contributed by atoms with Gasteiger partial charge in [-0.2, -0.15) is 11.8 Å². The van der Waals surface area contributed by atoms with Crippen molar-refractivity contribution in [2.24, 2.45) is 0 Å². The predicted octanol–water partition coefficient (Wildman–Crippen LogP) is 0.451. The summed E-state index contributed by atoms with van der Waals surface area (Å²) in [6.45, 7) is 5.04. The molecule has 0 radical (unpaired) electrons. The molecule has 0 bridgehead atoms. The number of carbonyl (C=O) groups is 3. The third-order valence-corrected chi connectivity index (χ3v) is 3.98. The molecule has 1 rings (SSSR count). The molecule has 1 aliphatic heterocycles. The van der Waals surface area contributed by atoms with Gasteiger partial charge < -0.3 is 20.4 Å². The Morgan fingerprint density at radius 1 is 1.37 bits per heavy atom. The van der Waals surface area contributed by atoms with E-state index in [-0.39, 0.29) is 4.75 Å². The first-order chi connectivity index (χ1) is 8.71. The van der Waals surface area contributed by atoms with Gasteiger partial charge in [-0.15, -0.1) is 0 Å². The Kier molecular flexibility index (Phi) is 5.04. The molecule has 0 aromatic heterocycles. The van der Waals surface area contributed by atoms with Gasteiger partial charge in [0.25, 0.3) is 0 Å². The van der Waals surface area contributed by atoms with Crippen LogP contribution in [0.15, 0.2) is 0 Å². The highest BCUT2D eigenvalue weighted by Crippen LogP contribution is 2.29. The van der Waals surface area contributed by atoms with Crippen LogP contribution in [0.2, 0.25) is 0 Å². The number of amides is 2. The van der Waals surface area contributed by atoms with E-state index in [1.54, 1.807) is 11.8 Å². The lowest BCUT2D eigenvalue weighted by atomic mass is 10.2. The summed E-state index contributed by atoms with van der Waals surface area (Å²) >= 11 is 1.75. The summed E-state index contributed by atoms with van der Waals surface area (Å²) in [5.41, 5.74) is 0. The largest absolute Gasteiger partial charge is 0.481 e. The standard InChI is InChI=1S/C11H18N2O5S/c1-11(2)6-13(3-4-19-11)10(18)12-7(9(16)17)5-8(14)15/h7H,3-6H2,1-2H3,(H,12,18)(H,14,15)(H,16,17)/t7-/m1/s1. The van der Waals surface area contributed by atoms with Crippen molar-refractivity contribution in [2.75, 3.05) is 18.8 Å². The highest BCUT2D eigenvalue weighted by Gasteiger charge is 2.32. The number of carboxylic acid groups (broad SMARTS) is 2. The van der Waals surface area contributed by atoms with Crippen molar-refractivity contribution >= 4 is 29.7 Å². The normalized spacial score (nSPS) is 19.6. The van der Waals surface area contributed by atoms with Crippen molar-refractivity contribution in [3.63, 3.8) is 0 Å². The van der Waals surface area contributed by atoms with Crippen LogP contribution in [0.4, 0.5) is 4.79 Å². The van der Waals surface area contributed by atoms with Gasteiger partial charge in [0, 0.05) is 23.6 Å². The molecule has 0 spiro atoms. The monoisotopic (exact) mass is 290 g/mol. The summed E-state index contributed by atoms with van der Waals surface area (Å²) in [6, 6.07) is -1.93. The van der Waals surface area contributed by atoms with Crippen LogP contribution >= 0.6 is 11.8 Å². The molecule has 7 nitrogen and oxygen atoms in total. The molecule has 108 valence electrons. The smallest absolute Gasteiger partial charge is 0.326 e. The fourth-order valence-electron chi connectivity index (χ4n) is 1.80. The zero-order chi connectivity index (χ0) is 14.6. The molecule has 1 heterocycles. The van der Waals surface area contributed by atoms with E-state index >= 15 is 0 Å². The van der Waals surface area contributed by atoms with Gasteiger partial charge >= 0.3 is 18.0 Å². The third-order valence-electron chi connectivity index (χ3n) is 2.69. The van der Waals surface area contributed by atoms with Gasteiger partial charge in [-0.25, -0.2) is 9.59 Å². The minimum Gasteiger partial charge on any atom is -0.481 e. The van der Waals surface area contributed by atoms with Crippen LogP contribution < -0.4 is 5.32 Å². The lowest BCUT2D eigenvalue weighted by Crippen LogP contribution is -2.54. The van der Waals surface area contributed by atoms with Crippen molar-refractivity contribution in [1.82, 2.24) is 10.2 Å². The number of carbonyl (C=O) groups excluding carboxylic acids is 1. The van der Waals surface area contributed by atoms with Gasteiger partial charge in [0.15, 0.2) is 0 Å². The predicted molar refractivity (Wildman–Crippen MR) is 70.3 cm³/mol. The molecule has 0 aliphatic carbocycles. The lowest BCUT2D eigenvalue weighted by molar-refractivity contribution is -0.145. The van der Waals surface area contributed by atoms with Gasteiger partial charge in [0.1, 0.15) is 6.04 Å². The Bertz CT molecular complexity index is 385. The molecule has 1 atom stereocenters. The molecule has 0 aromatic rings. The molecular formula is C11H18N2O5S. The fraction of sp³-hybridized carbons (Fsp3) is 0.727. The molecule has 0 saturated carbocycles. The van der Waals surface area contributed by atoms with Crippen LogP contribution in [0.3, 0.4) is 0 Å². The first kappa shape index (κ1) is 15.6. The summed E-state index contributed by atoms with van der Waals surface area (Å²) in [7, 11) is 0. The first-order valence-electron chi connectivity index (χ1n) is 5.85. The second-order valence-corrected chi connectivity index (χ2v) is 6.77. The Morgan fingerprint density at radius 3 is 2.47 bits per heavy atom. The summed E-state index contributed by atoms with van der Waals surface area (Å²) in [4.78, 5) is 34.9. The van der Waals surface area contributed by atoms with E-state index in [0.29, 0.717) is 13.1 Å². The van der Waals surface area contributed by atoms with Crippen LogP contribution in [-0.2, 0) is 9.59 Å². The Labute approximate surface area is 115 Å². The van der Waals surface area contributed by atoms with E-state index in [1.807, 2.05) is 13.8 Å². The minimum atomic E-state index is -1.40. The summed E-state index contributed by atoms with van der Waals surface area (Å²) in [6.07, 6.45) is -0.632. The van der Waals surface area contributed by atoms with Crippen molar-refractivity contribution < 1.29 is 24.6 Å². The van der Waals surface area contributed by atoms with E-state index in [2.05, 4.69) is 5.32 Å². The second kappa shape index (κ2) is 6.14. The van der Waals surface area contributed by atoms with E-state index < -0.39 is 30.4 Å². The Morgan fingerprint density at radius 2 is 2.00 bits per heavy atom. The van der Waals surface area contributed by atoms with Crippen molar-refractivity contribution in [1.29, 1.82) is 0 Å². The SMILES string of the molecule is CC1(C)CN(C(=O)N[C@H](CC(=O)O)C(=O)O)CCS1. The van der Waals surface area contributed by atoms with Crippen molar-refractivity contribution in [3.8, 4) is 0 Å². The van der Waals surface area contributed by atoms with Gasteiger partial charge in [-0.3, -0.25) is 4.79 Å². The number of hydrogen-bond acceptors (Lipinski definition) is 4. The zero-order valence-corrected chi connectivity index (χ0v) is 11.7. The summed E-state index contributed by atoms with van der Waals surface area (Å²) in [5, 5.41) is 19.7. The molecule has 8 heteroatoms. The maximum absolute atomic E-state index is 11.9. The topological polar surface area (TPSA) is 107 Å². The average Bonchev–Trinajstić information content (AvgIpc) is 2.25. The number of hydrogen-bond donors (Lipinski definition) is 3. The van der Waals surface area contributed by atoms with Gasteiger partial charge in [-0.1, -0.05) is 0 Å². The van der Waals surface area contributed by atoms with Crippen LogP contribution in [0.5, 0.6) is 0 Å². The molecule has 0 aromatic carbocycles. The fourth-order valence-corrected chi connectivity index (χ4v) is 2.92. The molecule has 2 amide bonds. The zero-order valence-electron chi connectivity index (χ0n) is 10.9. The molecular weight excluding hydrogens is 272 g/mol. The number of rotatable bonds is 4. The number of carboxylic acids is 2. The molecule has 0 unspecified atom stereocenters. The molecule has 19 heavy (non-hydrogen) atoms. The van der Waals surface area contributed by atoms with E-state index in [0.717, 1.165) is 5.75 Å². The average molecular weight is 290 g/mol. The van der Waals surface area contributed by atoms with E-state index in [1.165, 1.54) is 4.90 Å². The number of aliphatic carboxylic acids is 2. The van der Waals surface area contributed by atoms with Gasteiger partial charge in [-0.05, 0) is 13.8 Å². The van der Waals surface area contributed by atoms with Crippen molar-refractivity contribution in [3.05, 3.63) is 0 Å². The van der Waals surface area contributed by atoms with Crippen molar-refractivity contribution in [2.45, 2.75) is 31.1 Å². The summed E-state index contributed by atoms with van der Waals surface area (Å²) in [5.74, 6) is -1.83. The number of nitrogens with zero attached hydrogens (tertiary/aromatic N) is 1. The molecule has 1 saturated heterocycles. The van der Waals surface area contributed by atoms with Gasteiger partial charge in [0.05, 0.1) is 6.42 Å². The Hall–Kier alpha value is -1.44. The molecule has 1 aliphatic rings. The Balaban J connectivity index is 2.61. The number of urea groups is 1. The minimum absolute atomic E-state index is 0.0822. The van der Waals surface area contributed by atoms with E-state index in [9.17, 15) is 14.4 Å². The third kappa shape index (κ3) is 4.98. The summed E-state index contributed by atoms with van der Waals surface area (Å²) < 4.78 is -0.0822. The first-order valence-corrected chi connectivity index (χ1v) is 6.84. The van der Waals surface area contributed by atoms with Crippen LogP contribution in [0.25, 0.3) is 0 Å². The second-order valence-electron chi connectivity index (χ2n) is 4.97. The molecule has 3 N–H and O–H groups in total. The van der Waals surface area contributed by atoms with Crippen LogP contribution in [0, 0.1) is 0 Å². The lowest BCUT2D eigenvalue weighted by Gasteiger charge is -2.37. The van der Waals surface area contributed by atoms with Gasteiger partial charge in [0.2, 0.25) is 0 Å². The molecule has 1 fully saturated rings. The van der Waals surface area contributed by atoms with Crippen LogP contribution in [0.1, 0.15) is 20.3 Å². The van der Waals surface area contributed by atoms with Crippen LogP contribution in [-0.4, -0.2) is 62.7 Å². The highest BCUT2D eigenvalue weighted by molar-refractivity contribution is 8.00. The maximum Gasteiger partial charge on any atom is 0.326 e. The number of nitrogens with one attached hydrogen (secondary N) is 1. The number of thioether (sulfide) groups is 1. The van der Waals surface area contributed by atoms with E-state index in [4.69, 9.17) is 10.2 Å². The highest BCUT2D eigenvalue weighted by atomic mass is 32.2. The maximum atomic E-state index is 11.9. The quantitative estimate of drug-likeness (QED) is 0.694.